The van der Waals surface area contributed by atoms with Gasteiger partial charge in [-0.05, 0) is 36.2 Å². The molecule has 5 nitrogen and oxygen atoms in total. The van der Waals surface area contributed by atoms with Gasteiger partial charge in [0.05, 0.1) is 33.1 Å². The minimum Gasteiger partial charge on any atom is -0.493 e. The van der Waals surface area contributed by atoms with E-state index >= 15 is 0 Å². The van der Waals surface area contributed by atoms with Gasteiger partial charge in [0.25, 0.3) is 0 Å². The molecule has 0 bridgehead atoms. The van der Waals surface area contributed by atoms with E-state index in [2.05, 4.69) is 4.90 Å². The zero-order valence-corrected chi connectivity index (χ0v) is 14.0. The lowest BCUT2D eigenvalue weighted by Gasteiger charge is -2.24. The van der Waals surface area contributed by atoms with Crippen LogP contribution in [0.4, 0.5) is 0 Å². The Hall–Kier alpha value is -1.98. The molecule has 0 saturated heterocycles. The molecule has 5 heteroatoms. The van der Waals surface area contributed by atoms with Gasteiger partial charge in [-0.15, -0.1) is 0 Å². The zero-order valence-electron chi connectivity index (χ0n) is 14.0. The van der Waals surface area contributed by atoms with E-state index in [-0.39, 0.29) is 6.10 Å². The minimum absolute atomic E-state index is 0.356. The fourth-order valence-corrected chi connectivity index (χ4v) is 2.47. The summed E-state index contributed by atoms with van der Waals surface area (Å²) in [6.45, 7) is 3.91. The second-order valence-electron chi connectivity index (χ2n) is 5.50. The molecule has 1 unspecified atom stereocenters. The van der Waals surface area contributed by atoms with E-state index in [1.807, 2.05) is 37.3 Å². The molecule has 0 amide bonds. The summed E-state index contributed by atoms with van der Waals surface area (Å²) in [7, 11) is 3.25. The van der Waals surface area contributed by atoms with Crippen molar-refractivity contribution in [3.8, 4) is 11.5 Å². The third kappa shape index (κ3) is 5.01. The Bertz CT molecular complexity index is 583. The quantitative estimate of drug-likeness (QED) is 0.770. The summed E-state index contributed by atoms with van der Waals surface area (Å²) in [5, 5.41) is 10.0. The molecule has 0 aliphatic rings. The maximum atomic E-state index is 10.0. The molecular weight excluding hydrogens is 294 g/mol. The SMILES string of the molecule is CCC(O)CN(Cc1ccc(OC)c(OC)c1)Cc1ccco1. The van der Waals surface area contributed by atoms with Gasteiger partial charge in [-0.3, -0.25) is 4.90 Å². The lowest BCUT2D eigenvalue weighted by Crippen LogP contribution is -2.31. The molecule has 1 aromatic heterocycles. The molecule has 1 heterocycles. The average Bonchev–Trinajstić information content (AvgIpc) is 3.07. The molecule has 1 atom stereocenters. The van der Waals surface area contributed by atoms with Crippen LogP contribution in [0.2, 0.25) is 0 Å². The highest BCUT2D eigenvalue weighted by Gasteiger charge is 2.14. The number of hydrogen-bond donors (Lipinski definition) is 1. The van der Waals surface area contributed by atoms with E-state index in [4.69, 9.17) is 13.9 Å². The highest BCUT2D eigenvalue weighted by molar-refractivity contribution is 5.42. The topological polar surface area (TPSA) is 55.1 Å². The number of benzene rings is 1. The summed E-state index contributed by atoms with van der Waals surface area (Å²) >= 11 is 0. The average molecular weight is 319 g/mol. The number of nitrogens with zero attached hydrogens (tertiary/aromatic N) is 1. The molecule has 1 N–H and O–H groups in total. The first-order valence-electron chi connectivity index (χ1n) is 7.80. The van der Waals surface area contributed by atoms with E-state index < -0.39 is 0 Å². The van der Waals surface area contributed by atoms with Gasteiger partial charge in [0.2, 0.25) is 0 Å². The van der Waals surface area contributed by atoms with Gasteiger partial charge in [0.1, 0.15) is 5.76 Å². The minimum atomic E-state index is -0.356. The summed E-state index contributed by atoms with van der Waals surface area (Å²) in [5.41, 5.74) is 1.09. The maximum absolute atomic E-state index is 10.0. The maximum Gasteiger partial charge on any atom is 0.161 e. The van der Waals surface area contributed by atoms with Crippen LogP contribution in [-0.4, -0.2) is 36.9 Å². The third-order valence-corrected chi connectivity index (χ3v) is 3.75. The lowest BCUT2D eigenvalue weighted by molar-refractivity contribution is 0.0973. The number of rotatable bonds is 9. The standard InChI is InChI=1S/C18H25NO4/c1-4-15(20)12-19(13-16-6-5-9-23-16)11-14-7-8-17(21-2)18(10-14)22-3/h5-10,15,20H,4,11-13H2,1-3H3. The van der Waals surface area contributed by atoms with E-state index in [0.29, 0.717) is 31.1 Å². The Morgan fingerprint density at radius 2 is 1.91 bits per heavy atom. The van der Waals surface area contributed by atoms with Gasteiger partial charge in [0, 0.05) is 13.1 Å². The Balaban J connectivity index is 2.12. The number of aliphatic hydroxyl groups excluding tert-OH is 1. The van der Waals surface area contributed by atoms with Crippen LogP contribution in [0.25, 0.3) is 0 Å². The fraction of sp³-hybridized carbons (Fsp3) is 0.444. The predicted octanol–water partition coefficient (Wildman–Crippen LogP) is 3.07. The summed E-state index contributed by atoms with van der Waals surface area (Å²) in [4.78, 5) is 2.16. The molecule has 0 aliphatic heterocycles. The van der Waals surface area contributed by atoms with Crippen LogP contribution >= 0.6 is 0 Å². The normalized spacial score (nSPS) is 12.4. The van der Waals surface area contributed by atoms with Gasteiger partial charge in [-0.2, -0.15) is 0 Å². The second-order valence-corrected chi connectivity index (χ2v) is 5.50. The zero-order chi connectivity index (χ0) is 16.7. The van der Waals surface area contributed by atoms with Crippen LogP contribution in [0.15, 0.2) is 41.0 Å². The van der Waals surface area contributed by atoms with E-state index in [1.165, 1.54) is 0 Å². The number of furan rings is 1. The van der Waals surface area contributed by atoms with Crippen molar-refractivity contribution in [1.82, 2.24) is 4.90 Å². The second kappa shape index (κ2) is 8.60. The summed E-state index contributed by atoms with van der Waals surface area (Å²) in [5.74, 6) is 2.30. The van der Waals surface area contributed by atoms with Gasteiger partial charge in [-0.25, -0.2) is 0 Å². The molecule has 0 aliphatic carbocycles. The summed E-state index contributed by atoms with van der Waals surface area (Å²) in [6.07, 6.45) is 2.03. The lowest BCUT2D eigenvalue weighted by atomic mass is 10.1. The highest BCUT2D eigenvalue weighted by atomic mass is 16.5. The van der Waals surface area contributed by atoms with Crippen molar-refractivity contribution in [1.29, 1.82) is 0 Å². The van der Waals surface area contributed by atoms with Crippen molar-refractivity contribution in [2.75, 3.05) is 20.8 Å². The van der Waals surface area contributed by atoms with Gasteiger partial charge >= 0.3 is 0 Å². The fourth-order valence-electron chi connectivity index (χ4n) is 2.47. The largest absolute Gasteiger partial charge is 0.493 e. The molecule has 2 rings (SSSR count). The molecule has 126 valence electrons. The molecule has 0 radical (unpaired) electrons. The first-order chi connectivity index (χ1) is 11.2. The Morgan fingerprint density at radius 3 is 2.52 bits per heavy atom. The molecule has 0 spiro atoms. The van der Waals surface area contributed by atoms with E-state index in [9.17, 15) is 5.11 Å². The van der Waals surface area contributed by atoms with Crippen molar-refractivity contribution in [2.24, 2.45) is 0 Å². The Kier molecular flexibility index (Phi) is 6.50. The van der Waals surface area contributed by atoms with Crippen LogP contribution in [0.3, 0.4) is 0 Å². The Labute approximate surface area is 137 Å². The third-order valence-electron chi connectivity index (χ3n) is 3.75. The molecular formula is C18H25NO4. The first kappa shape index (κ1) is 17.4. The van der Waals surface area contributed by atoms with Crippen LogP contribution < -0.4 is 9.47 Å². The highest BCUT2D eigenvalue weighted by Crippen LogP contribution is 2.28. The van der Waals surface area contributed by atoms with E-state index in [0.717, 1.165) is 17.7 Å². The smallest absolute Gasteiger partial charge is 0.161 e. The van der Waals surface area contributed by atoms with Crippen LogP contribution in [0.5, 0.6) is 11.5 Å². The molecule has 0 saturated carbocycles. The predicted molar refractivity (Wildman–Crippen MR) is 88.7 cm³/mol. The first-order valence-corrected chi connectivity index (χ1v) is 7.80. The summed E-state index contributed by atoms with van der Waals surface area (Å²) < 4.78 is 16.1. The van der Waals surface area contributed by atoms with Crippen LogP contribution in [0.1, 0.15) is 24.7 Å². The van der Waals surface area contributed by atoms with Crippen molar-refractivity contribution >= 4 is 0 Å². The molecule has 1 aromatic carbocycles. The Morgan fingerprint density at radius 1 is 1.13 bits per heavy atom. The number of aliphatic hydroxyl groups is 1. The van der Waals surface area contributed by atoms with Gasteiger partial charge < -0.3 is 19.0 Å². The number of hydrogen-bond acceptors (Lipinski definition) is 5. The van der Waals surface area contributed by atoms with Gasteiger partial charge in [-0.1, -0.05) is 13.0 Å². The van der Waals surface area contributed by atoms with Crippen molar-refractivity contribution in [3.05, 3.63) is 47.9 Å². The monoisotopic (exact) mass is 319 g/mol. The van der Waals surface area contributed by atoms with Gasteiger partial charge in [0.15, 0.2) is 11.5 Å². The molecule has 23 heavy (non-hydrogen) atoms. The van der Waals surface area contributed by atoms with Crippen molar-refractivity contribution in [2.45, 2.75) is 32.5 Å². The molecule has 0 fully saturated rings. The van der Waals surface area contributed by atoms with E-state index in [1.54, 1.807) is 20.5 Å². The van der Waals surface area contributed by atoms with Crippen molar-refractivity contribution in [3.63, 3.8) is 0 Å². The van der Waals surface area contributed by atoms with Crippen LogP contribution in [-0.2, 0) is 13.1 Å². The van der Waals surface area contributed by atoms with Crippen LogP contribution in [0, 0.1) is 0 Å². The summed E-state index contributed by atoms with van der Waals surface area (Å²) in [6, 6.07) is 9.69. The number of methoxy groups -OCH3 is 2. The number of ether oxygens (including phenoxy) is 2. The molecule has 2 aromatic rings. The van der Waals surface area contributed by atoms with Crippen molar-refractivity contribution < 1.29 is 19.0 Å².